The summed E-state index contributed by atoms with van der Waals surface area (Å²) in [5.41, 5.74) is 1.51. The first kappa shape index (κ1) is 16.6. The monoisotopic (exact) mass is 348 g/mol. The lowest BCUT2D eigenvalue weighted by atomic mass is 9.83. The summed E-state index contributed by atoms with van der Waals surface area (Å²) >= 11 is 0. The summed E-state index contributed by atoms with van der Waals surface area (Å²) in [6.45, 7) is 2.23. The standard InChI is InChI=1S/C21H24N4O/c1-21(13-6-3-7-14-21)25-20-23-18-16(11-8-12-17(18)26)19(24-20)22-15-9-4-2-5-10-15/h2,4-5,8-12,26H,3,6-7,13-14H2,1H3,(H2,22,23,24,25). The van der Waals surface area contributed by atoms with Gasteiger partial charge in [0.15, 0.2) is 0 Å². The van der Waals surface area contributed by atoms with Gasteiger partial charge >= 0.3 is 0 Å². The maximum Gasteiger partial charge on any atom is 0.225 e. The molecule has 1 aliphatic carbocycles. The van der Waals surface area contributed by atoms with Crippen LogP contribution in [-0.4, -0.2) is 20.6 Å². The van der Waals surface area contributed by atoms with Gasteiger partial charge in [-0.2, -0.15) is 4.98 Å². The molecule has 1 saturated carbocycles. The molecule has 134 valence electrons. The predicted octanol–water partition coefficient (Wildman–Crippen LogP) is 5.21. The lowest BCUT2D eigenvalue weighted by Gasteiger charge is -2.34. The lowest BCUT2D eigenvalue weighted by Crippen LogP contribution is -2.37. The number of hydrogen-bond donors (Lipinski definition) is 3. The van der Waals surface area contributed by atoms with E-state index in [1.54, 1.807) is 6.07 Å². The van der Waals surface area contributed by atoms with Gasteiger partial charge in [0.05, 0.1) is 0 Å². The molecule has 1 aliphatic rings. The molecule has 5 heteroatoms. The van der Waals surface area contributed by atoms with Crippen molar-refractivity contribution in [2.45, 2.75) is 44.6 Å². The number of phenolic OH excluding ortho intramolecular Hbond substituents is 1. The number of aromatic hydroxyl groups is 1. The second-order valence-corrected chi connectivity index (χ2v) is 7.31. The summed E-state index contributed by atoms with van der Waals surface area (Å²) < 4.78 is 0. The molecule has 1 heterocycles. The summed E-state index contributed by atoms with van der Waals surface area (Å²) in [4.78, 5) is 9.34. The third-order valence-electron chi connectivity index (χ3n) is 5.11. The summed E-state index contributed by atoms with van der Waals surface area (Å²) in [7, 11) is 0. The maximum absolute atomic E-state index is 10.3. The first-order valence-electron chi connectivity index (χ1n) is 9.23. The number of fused-ring (bicyclic) bond motifs is 1. The average Bonchev–Trinajstić information content (AvgIpc) is 2.64. The van der Waals surface area contributed by atoms with Crippen LogP contribution in [0.5, 0.6) is 5.75 Å². The van der Waals surface area contributed by atoms with Gasteiger partial charge in [-0.05, 0) is 44.0 Å². The van der Waals surface area contributed by atoms with Crippen LogP contribution >= 0.6 is 0 Å². The molecule has 0 atom stereocenters. The fourth-order valence-electron chi connectivity index (χ4n) is 3.67. The summed E-state index contributed by atoms with van der Waals surface area (Å²) in [5.74, 6) is 1.42. The van der Waals surface area contributed by atoms with Crippen LogP contribution in [0.25, 0.3) is 10.9 Å². The van der Waals surface area contributed by atoms with Crippen molar-refractivity contribution in [2.75, 3.05) is 10.6 Å². The molecule has 0 radical (unpaired) electrons. The van der Waals surface area contributed by atoms with Crippen molar-refractivity contribution < 1.29 is 5.11 Å². The third kappa shape index (κ3) is 3.43. The number of phenols is 1. The normalized spacial score (nSPS) is 16.3. The number of rotatable bonds is 4. The number of aromatic nitrogens is 2. The van der Waals surface area contributed by atoms with Crippen LogP contribution in [0.15, 0.2) is 48.5 Å². The molecule has 0 unspecified atom stereocenters. The van der Waals surface area contributed by atoms with E-state index in [9.17, 15) is 5.11 Å². The Hall–Kier alpha value is -2.82. The average molecular weight is 348 g/mol. The fraction of sp³-hybridized carbons (Fsp3) is 0.333. The van der Waals surface area contributed by atoms with Crippen molar-refractivity contribution in [1.82, 2.24) is 9.97 Å². The van der Waals surface area contributed by atoms with Gasteiger partial charge in [-0.25, -0.2) is 4.98 Å². The van der Waals surface area contributed by atoms with Crippen molar-refractivity contribution >= 4 is 28.4 Å². The Morgan fingerprint density at radius 3 is 2.46 bits per heavy atom. The number of para-hydroxylation sites is 2. The Bertz CT molecular complexity index is 905. The minimum absolute atomic E-state index is 0.000340. The fourth-order valence-corrected chi connectivity index (χ4v) is 3.67. The van der Waals surface area contributed by atoms with E-state index in [0.29, 0.717) is 17.3 Å². The zero-order valence-electron chi connectivity index (χ0n) is 15.0. The summed E-state index contributed by atoms with van der Waals surface area (Å²) in [6.07, 6.45) is 5.94. The van der Waals surface area contributed by atoms with Crippen LogP contribution in [0.1, 0.15) is 39.0 Å². The van der Waals surface area contributed by atoms with Gasteiger partial charge in [-0.1, -0.05) is 43.5 Å². The number of benzene rings is 2. The minimum Gasteiger partial charge on any atom is -0.506 e. The van der Waals surface area contributed by atoms with Crippen molar-refractivity contribution in [1.29, 1.82) is 0 Å². The number of anilines is 3. The van der Waals surface area contributed by atoms with Crippen molar-refractivity contribution in [2.24, 2.45) is 0 Å². The molecule has 0 aliphatic heterocycles. The SMILES string of the molecule is CC1(Nc2nc(Nc3ccccc3)c3cccc(O)c3n2)CCCCC1. The molecule has 26 heavy (non-hydrogen) atoms. The van der Waals surface area contributed by atoms with Crippen molar-refractivity contribution in [3.05, 3.63) is 48.5 Å². The molecule has 1 fully saturated rings. The van der Waals surface area contributed by atoms with Crippen LogP contribution in [-0.2, 0) is 0 Å². The third-order valence-corrected chi connectivity index (χ3v) is 5.11. The van der Waals surface area contributed by atoms with Crippen LogP contribution < -0.4 is 10.6 Å². The number of hydrogen-bond acceptors (Lipinski definition) is 5. The molecule has 2 aromatic carbocycles. The van der Waals surface area contributed by atoms with E-state index in [4.69, 9.17) is 4.98 Å². The quantitative estimate of drug-likeness (QED) is 0.603. The van der Waals surface area contributed by atoms with Crippen LogP contribution in [0.3, 0.4) is 0 Å². The molecule has 3 N–H and O–H groups in total. The highest BCUT2D eigenvalue weighted by atomic mass is 16.3. The maximum atomic E-state index is 10.3. The number of nitrogens with one attached hydrogen (secondary N) is 2. The first-order valence-corrected chi connectivity index (χ1v) is 9.23. The van der Waals surface area contributed by atoms with Crippen molar-refractivity contribution in [3.63, 3.8) is 0 Å². The predicted molar refractivity (Wildman–Crippen MR) is 106 cm³/mol. The molecule has 3 aromatic rings. The Morgan fingerprint density at radius 2 is 1.69 bits per heavy atom. The van der Waals surface area contributed by atoms with Gasteiger partial charge in [0.2, 0.25) is 5.95 Å². The van der Waals surface area contributed by atoms with Crippen LogP contribution in [0.2, 0.25) is 0 Å². The molecule has 1 aromatic heterocycles. The topological polar surface area (TPSA) is 70.1 Å². The summed E-state index contributed by atoms with van der Waals surface area (Å²) in [5, 5.41) is 18.0. The van der Waals surface area contributed by atoms with Gasteiger partial charge in [0.1, 0.15) is 17.1 Å². The first-order chi connectivity index (χ1) is 12.6. The Labute approximate surface area is 153 Å². The van der Waals surface area contributed by atoms with E-state index in [-0.39, 0.29) is 11.3 Å². The van der Waals surface area contributed by atoms with Gasteiger partial charge in [-0.3, -0.25) is 0 Å². The largest absolute Gasteiger partial charge is 0.506 e. The van der Waals surface area contributed by atoms with Crippen LogP contribution in [0.4, 0.5) is 17.5 Å². The van der Waals surface area contributed by atoms with E-state index in [1.807, 2.05) is 42.5 Å². The zero-order valence-corrected chi connectivity index (χ0v) is 15.0. The lowest BCUT2D eigenvalue weighted by molar-refractivity contribution is 0.347. The Balaban J connectivity index is 1.75. The van der Waals surface area contributed by atoms with E-state index in [0.717, 1.165) is 23.9 Å². The van der Waals surface area contributed by atoms with E-state index in [2.05, 4.69) is 22.5 Å². The molecule has 5 nitrogen and oxygen atoms in total. The van der Waals surface area contributed by atoms with Gasteiger partial charge in [-0.15, -0.1) is 0 Å². The Kier molecular flexibility index (Phi) is 4.37. The van der Waals surface area contributed by atoms with Gasteiger partial charge < -0.3 is 15.7 Å². The van der Waals surface area contributed by atoms with E-state index < -0.39 is 0 Å². The Morgan fingerprint density at radius 1 is 0.923 bits per heavy atom. The van der Waals surface area contributed by atoms with Gasteiger partial charge in [0.25, 0.3) is 0 Å². The second kappa shape index (κ2) is 6.83. The highest BCUT2D eigenvalue weighted by molar-refractivity contribution is 5.95. The minimum atomic E-state index is 0.000340. The second-order valence-electron chi connectivity index (χ2n) is 7.31. The van der Waals surface area contributed by atoms with Crippen molar-refractivity contribution in [3.8, 4) is 5.75 Å². The number of nitrogens with zero attached hydrogens (tertiary/aromatic N) is 2. The van der Waals surface area contributed by atoms with Crippen LogP contribution in [0, 0.1) is 0 Å². The molecule has 0 amide bonds. The highest BCUT2D eigenvalue weighted by Gasteiger charge is 2.27. The van der Waals surface area contributed by atoms with E-state index in [1.165, 1.54) is 19.3 Å². The van der Waals surface area contributed by atoms with Gasteiger partial charge in [0, 0.05) is 16.6 Å². The molecule has 0 saturated heterocycles. The molecular formula is C21H24N4O. The molecule has 0 spiro atoms. The zero-order chi connectivity index (χ0) is 18.0. The highest BCUT2D eigenvalue weighted by Crippen LogP contribution is 2.34. The molecule has 4 rings (SSSR count). The molecule has 0 bridgehead atoms. The smallest absolute Gasteiger partial charge is 0.225 e. The summed E-state index contributed by atoms with van der Waals surface area (Å²) in [6, 6.07) is 15.3. The molecular weight excluding hydrogens is 324 g/mol. The van der Waals surface area contributed by atoms with E-state index >= 15 is 0 Å².